The van der Waals surface area contributed by atoms with E-state index in [4.69, 9.17) is 0 Å². The SMILES string of the molecule is CCCNC1CCC(Cc2ccccc2)C1C. The van der Waals surface area contributed by atoms with Gasteiger partial charge in [-0.25, -0.2) is 0 Å². The summed E-state index contributed by atoms with van der Waals surface area (Å²) in [6, 6.07) is 11.7. The maximum absolute atomic E-state index is 3.70. The van der Waals surface area contributed by atoms with Crippen LogP contribution in [-0.2, 0) is 6.42 Å². The zero-order valence-corrected chi connectivity index (χ0v) is 11.2. The molecule has 0 saturated heterocycles. The minimum absolute atomic E-state index is 0.753. The molecule has 94 valence electrons. The molecule has 3 unspecified atom stereocenters. The summed E-state index contributed by atoms with van der Waals surface area (Å²) in [5.74, 6) is 1.69. The van der Waals surface area contributed by atoms with E-state index < -0.39 is 0 Å². The summed E-state index contributed by atoms with van der Waals surface area (Å²) in [6.45, 7) is 5.84. The molecule has 1 aliphatic rings. The Morgan fingerprint density at radius 1 is 1.18 bits per heavy atom. The number of nitrogens with one attached hydrogen (secondary N) is 1. The first-order valence-corrected chi connectivity index (χ1v) is 7.08. The highest BCUT2D eigenvalue weighted by Crippen LogP contribution is 2.34. The molecule has 17 heavy (non-hydrogen) atoms. The quantitative estimate of drug-likeness (QED) is 0.815. The summed E-state index contributed by atoms with van der Waals surface area (Å²) in [6.07, 6.45) is 5.25. The van der Waals surface area contributed by atoms with Crippen molar-refractivity contribution in [2.45, 2.75) is 45.6 Å². The Hall–Kier alpha value is -0.820. The summed E-state index contributed by atoms with van der Waals surface area (Å²) in [5, 5.41) is 3.70. The van der Waals surface area contributed by atoms with E-state index in [-0.39, 0.29) is 0 Å². The molecule has 1 nitrogen and oxygen atoms in total. The molecule has 1 fully saturated rings. The fourth-order valence-electron chi connectivity index (χ4n) is 3.07. The first-order valence-electron chi connectivity index (χ1n) is 7.08. The molecule has 3 atom stereocenters. The van der Waals surface area contributed by atoms with E-state index in [2.05, 4.69) is 49.5 Å². The molecule has 1 aromatic rings. The minimum atomic E-state index is 0.753. The van der Waals surface area contributed by atoms with E-state index >= 15 is 0 Å². The topological polar surface area (TPSA) is 12.0 Å². The third-order valence-corrected chi connectivity index (χ3v) is 4.22. The van der Waals surface area contributed by atoms with Crippen molar-refractivity contribution in [3.8, 4) is 0 Å². The van der Waals surface area contributed by atoms with Crippen LogP contribution in [0.3, 0.4) is 0 Å². The molecule has 1 N–H and O–H groups in total. The van der Waals surface area contributed by atoms with E-state index in [9.17, 15) is 0 Å². The lowest BCUT2D eigenvalue weighted by molar-refractivity contribution is 0.351. The number of hydrogen-bond donors (Lipinski definition) is 1. The fraction of sp³-hybridized carbons (Fsp3) is 0.625. The van der Waals surface area contributed by atoms with Crippen LogP contribution in [0, 0.1) is 11.8 Å². The van der Waals surface area contributed by atoms with Crippen molar-refractivity contribution in [3.63, 3.8) is 0 Å². The molecule has 1 aliphatic carbocycles. The van der Waals surface area contributed by atoms with Crippen LogP contribution in [0.4, 0.5) is 0 Å². The first kappa shape index (κ1) is 12.6. The van der Waals surface area contributed by atoms with Crippen LogP contribution >= 0.6 is 0 Å². The van der Waals surface area contributed by atoms with Crippen molar-refractivity contribution in [2.24, 2.45) is 11.8 Å². The van der Waals surface area contributed by atoms with Gasteiger partial charge in [0.1, 0.15) is 0 Å². The van der Waals surface area contributed by atoms with Crippen molar-refractivity contribution in [3.05, 3.63) is 35.9 Å². The standard InChI is InChI=1S/C16H25N/c1-3-11-17-16-10-9-15(13(16)2)12-14-7-5-4-6-8-14/h4-8,13,15-17H,3,9-12H2,1-2H3. The van der Waals surface area contributed by atoms with Gasteiger partial charge < -0.3 is 5.32 Å². The van der Waals surface area contributed by atoms with Crippen molar-refractivity contribution >= 4 is 0 Å². The van der Waals surface area contributed by atoms with Crippen LogP contribution in [0.1, 0.15) is 38.7 Å². The zero-order chi connectivity index (χ0) is 12.1. The Morgan fingerprint density at radius 3 is 2.65 bits per heavy atom. The lowest BCUT2D eigenvalue weighted by Gasteiger charge is -2.21. The second-order valence-corrected chi connectivity index (χ2v) is 5.45. The maximum atomic E-state index is 3.70. The van der Waals surface area contributed by atoms with Gasteiger partial charge in [0.2, 0.25) is 0 Å². The van der Waals surface area contributed by atoms with Crippen LogP contribution in [0.15, 0.2) is 30.3 Å². The van der Waals surface area contributed by atoms with Gasteiger partial charge in [0.25, 0.3) is 0 Å². The summed E-state index contributed by atoms with van der Waals surface area (Å²) in [7, 11) is 0. The van der Waals surface area contributed by atoms with Gasteiger partial charge in [0.05, 0.1) is 0 Å². The minimum Gasteiger partial charge on any atom is -0.314 e. The fourth-order valence-corrected chi connectivity index (χ4v) is 3.07. The normalized spacial score (nSPS) is 28.5. The molecular formula is C16H25N. The molecule has 1 heteroatoms. The smallest absolute Gasteiger partial charge is 0.00955 e. The predicted molar refractivity (Wildman–Crippen MR) is 74.1 cm³/mol. The average molecular weight is 231 g/mol. The summed E-state index contributed by atoms with van der Waals surface area (Å²) in [4.78, 5) is 0. The van der Waals surface area contributed by atoms with Gasteiger partial charge in [0, 0.05) is 6.04 Å². The van der Waals surface area contributed by atoms with E-state index in [1.54, 1.807) is 0 Å². The maximum Gasteiger partial charge on any atom is 0.00955 e. The molecule has 0 bridgehead atoms. The van der Waals surface area contributed by atoms with Gasteiger partial charge in [0.15, 0.2) is 0 Å². The monoisotopic (exact) mass is 231 g/mol. The molecule has 1 aromatic carbocycles. The summed E-state index contributed by atoms with van der Waals surface area (Å²) in [5.41, 5.74) is 1.50. The van der Waals surface area contributed by atoms with Gasteiger partial charge >= 0.3 is 0 Å². The molecule has 0 aliphatic heterocycles. The third-order valence-electron chi connectivity index (χ3n) is 4.22. The van der Waals surface area contributed by atoms with Crippen molar-refractivity contribution in [1.82, 2.24) is 5.32 Å². The molecular weight excluding hydrogens is 206 g/mol. The van der Waals surface area contributed by atoms with E-state index in [1.807, 2.05) is 0 Å². The highest BCUT2D eigenvalue weighted by Gasteiger charge is 2.31. The van der Waals surface area contributed by atoms with Crippen LogP contribution in [0.2, 0.25) is 0 Å². The molecule has 0 radical (unpaired) electrons. The van der Waals surface area contributed by atoms with E-state index in [0.29, 0.717) is 0 Å². The molecule has 0 aromatic heterocycles. The Bertz CT molecular complexity index is 320. The van der Waals surface area contributed by atoms with Gasteiger partial charge in [-0.05, 0) is 49.6 Å². The molecule has 1 saturated carbocycles. The van der Waals surface area contributed by atoms with Gasteiger partial charge in [-0.2, -0.15) is 0 Å². The van der Waals surface area contributed by atoms with Crippen LogP contribution in [-0.4, -0.2) is 12.6 Å². The summed E-state index contributed by atoms with van der Waals surface area (Å²) < 4.78 is 0. The molecule has 0 amide bonds. The second-order valence-electron chi connectivity index (χ2n) is 5.45. The third kappa shape index (κ3) is 3.32. The second kappa shape index (κ2) is 6.20. The average Bonchev–Trinajstić information content (AvgIpc) is 2.70. The predicted octanol–water partition coefficient (Wildman–Crippen LogP) is 3.64. The largest absolute Gasteiger partial charge is 0.314 e. The molecule has 0 spiro atoms. The van der Waals surface area contributed by atoms with E-state index in [1.165, 1.54) is 37.8 Å². The van der Waals surface area contributed by atoms with Crippen molar-refractivity contribution < 1.29 is 0 Å². The Kier molecular flexibility index (Phi) is 4.61. The zero-order valence-electron chi connectivity index (χ0n) is 11.2. The highest BCUT2D eigenvalue weighted by molar-refractivity contribution is 5.16. The number of rotatable bonds is 5. The van der Waals surface area contributed by atoms with Crippen LogP contribution < -0.4 is 5.32 Å². The summed E-state index contributed by atoms with van der Waals surface area (Å²) >= 11 is 0. The van der Waals surface area contributed by atoms with Crippen molar-refractivity contribution in [2.75, 3.05) is 6.54 Å². The molecule has 2 rings (SSSR count). The number of hydrogen-bond acceptors (Lipinski definition) is 1. The Balaban J connectivity index is 1.87. The van der Waals surface area contributed by atoms with Gasteiger partial charge in [-0.15, -0.1) is 0 Å². The van der Waals surface area contributed by atoms with Gasteiger partial charge in [-0.1, -0.05) is 44.2 Å². The molecule has 0 heterocycles. The van der Waals surface area contributed by atoms with Crippen molar-refractivity contribution in [1.29, 1.82) is 0 Å². The lowest BCUT2D eigenvalue weighted by Crippen LogP contribution is -2.33. The Labute approximate surface area is 106 Å². The Morgan fingerprint density at radius 2 is 1.94 bits per heavy atom. The number of benzene rings is 1. The lowest BCUT2D eigenvalue weighted by atomic mass is 9.89. The van der Waals surface area contributed by atoms with Crippen LogP contribution in [0.5, 0.6) is 0 Å². The van der Waals surface area contributed by atoms with Gasteiger partial charge in [-0.3, -0.25) is 0 Å². The van der Waals surface area contributed by atoms with Crippen LogP contribution in [0.25, 0.3) is 0 Å². The highest BCUT2D eigenvalue weighted by atomic mass is 14.9. The first-order chi connectivity index (χ1) is 8.31. The van der Waals surface area contributed by atoms with E-state index in [0.717, 1.165) is 17.9 Å².